The first-order chi connectivity index (χ1) is 14.5. The molecule has 3 aromatic rings. The Balaban J connectivity index is 1.55. The lowest BCUT2D eigenvalue weighted by molar-refractivity contribution is 0.0900. The van der Waals surface area contributed by atoms with Gasteiger partial charge in [0.1, 0.15) is 5.82 Å². The van der Waals surface area contributed by atoms with Gasteiger partial charge in [0.25, 0.3) is 5.91 Å². The van der Waals surface area contributed by atoms with Gasteiger partial charge >= 0.3 is 0 Å². The number of carbonyl (C=O) groups is 1. The van der Waals surface area contributed by atoms with Crippen LogP contribution in [0.1, 0.15) is 48.4 Å². The Morgan fingerprint density at radius 2 is 1.93 bits per heavy atom. The number of halogens is 1. The number of benzene rings is 2. The number of amides is 1. The lowest BCUT2D eigenvalue weighted by Crippen LogP contribution is -2.46. The second kappa shape index (κ2) is 8.78. The molecule has 0 spiro atoms. The summed E-state index contributed by atoms with van der Waals surface area (Å²) in [5.41, 5.74) is 4.46. The number of piperidine rings is 1. The molecule has 0 unspecified atom stereocenters. The van der Waals surface area contributed by atoms with Crippen LogP contribution in [0.2, 0.25) is 0 Å². The summed E-state index contributed by atoms with van der Waals surface area (Å²) in [6.45, 7) is 8.48. The van der Waals surface area contributed by atoms with Gasteiger partial charge < -0.3 is 10.2 Å². The Hall–Kier alpha value is -2.37. The van der Waals surface area contributed by atoms with E-state index in [-0.39, 0.29) is 17.8 Å². The molecule has 2 heterocycles. The van der Waals surface area contributed by atoms with Gasteiger partial charge in [-0.05, 0) is 69.5 Å². The van der Waals surface area contributed by atoms with Crippen LogP contribution in [0.5, 0.6) is 0 Å². The predicted molar refractivity (Wildman–Crippen MR) is 123 cm³/mol. The summed E-state index contributed by atoms with van der Waals surface area (Å²) in [5.74, 6) is 1.16. The third-order valence-corrected chi connectivity index (χ3v) is 6.35. The fourth-order valence-corrected chi connectivity index (χ4v) is 4.57. The van der Waals surface area contributed by atoms with Crippen LogP contribution in [0.15, 0.2) is 42.5 Å². The maximum Gasteiger partial charge on any atom is 0.251 e. The van der Waals surface area contributed by atoms with Crippen molar-refractivity contribution in [2.24, 2.45) is 0 Å². The summed E-state index contributed by atoms with van der Waals surface area (Å²) < 4.78 is 2.11. The molecular formula is C24H29ClN4O. The number of aryl methyl sites for hydroxylation is 1. The van der Waals surface area contributed by atoms with Crippen LogP contribution in [0, 0.1) is 6.92 Å². The van der Waals surface area contributed by atoms with Gasteiger partial charge in [-0.15, -0.1) is 11.6 Å². The number of hydrogen-bond donors (Lipinski definition) is 1. The van der Waals surface area contributed by atoms with Crippen molar-refractivity contribution >= 4 is 28.5 Å². The first-order valence-electron chi connectivity index (χ1n) is 10.7. The van der Waals surface area contributed by atoms with Crippen molar-refractivity contribution in [2.45, 2.75) is 51.6 Å². The molecule has 1 aliphatic rings. The van der Waals surface area contributed by atoms with Gasteiger partial charge in [0.2, 0.25) is 0 Å². The molecule has 1 aliphatic heterocycles. The lowest BCUT2D eigenvalue weighted by Gasteiger charge is -2.34. The number of imidazole rings is 1. The van der Waals surface area contributed by atoms with E-state index < -0.39 is 0 Å². The molecule has 6 heteroatoms. The Kier molecular flexibility index (Phi) is 6.11. The fraction of sp³-hybridized carbons (Fsp3) is 0.417. The molecule has 1 amide bonds. The normalized spacial score (nSPS) is 15.8. The summed E-state index contributed by atoms with van der Waals surface area (Å²) in [4.78, 5) is 20.1. The Bertz CT molecular complexity index is 1050. The average Bonchev–Trinajstić information content (AvgIpc) is 3.09. The molecule has 0 saturated carbocycles. The number of rotatable bonds is 5. The highest BCUT2D eigenvalue weighted by molar-refractivity contribution is 6.17. The molecular weight excluding hydrogens is 396 g/mol. The van der Waals surface area contributed by atoms with Gasteiger partial charge in [-0.3, -0.25) is 9.36 Å². The quantitative estimate of drug-likeness (QED) is 0.605. The molecule has 1 N–H and O–H groups in total. The van der Waals surface area contributed by atoms with E-state index in [2.05, 4.69) is 39.7 Å². The number of carbonyl (C=O) groups excluding carboxylic acids is 1. The van der Waals surface area contributed by atoms with Gasteiger partial charge in [0, 0.05) is 42.3 Å². The molecule has 4 rings (SSSR count). The molecule has 30 heavy (non-hydrogen) atoms. The van der Waals surface area contributed by atoms with Crippen LogP contribution >= 0.6 is 11.6 Å². The van der Waals surface area contributed by atoms with Gasteiger partial charge in [-0.2, -0.15) is 0 Å². The number of nitrogens with zero attached hydrogens (tertiary/aromatic N) is 3. The Morgan fingerprint density at radius 1 is 1.20 bits per heavy atom. The van der Waals surface area contributed by atoms with Crippen LogP contribution in [0.4, 0.5) is 0 Å². The van der Waals surface area contributed by atoms with Crippen molar-refractivity contribution in [1.82, 2.24) is 19.8 Å². The number of likely N-dealkylation sites (tertiary alicyclic amines) is 1. The first kappa shape index (κ1) is 20.9. The SMILES string of the molecule is Cc1nc2ccccc2n1-c1ccc(C(=O)NC2CCN(C(C)C)CC2)c(CCl)c1. The predicted octanol–water partition coefficient (Wildman–Crippen LogP) is 4.68. The van der Waals surface area contributed by atoms with E-state index in [1.54, 1.807) is 0 Å². The highest BCUT2D eigenvalue weighted by atomic mass is 35.5. The van der Waals surface area contributed by atoms with Crippen LogP contribution in [-0.4, -0.2) is 45.5 Å². The van der Waals surface area contributed by atoms with Crippen molar-refractivity contribution in [3.8, 4) is 5.69 Å². The molecule has 0 atom stereocenters. The Labute approximate surface area is 183 Å². The van der Waals surface area contributed by atoms with Gasteiger partial charge in [0.15, 0.2) is 0 Å². The minimum Gasteiger partial charge on any atom is -0.349 e. The summed E-state index contributed by atoms with van der Waals surface area (Å²) in [6, 6.07) is 14.7. The highest BCUT2D eigenvalue weighted by Gasteiger charge is 2.23. The number of hydrogen-bond acceptors (Lipinski definition) is 3. The monoisotopic (exact) mass is 424 g/mol. The van der Waals surface area contributed by atoms with Crippen LogP contribution in [0.25, 0.3) is 16.7 Å². The van der Waals surface area contributed by atoms with E-state index in [1.165, 1.54) is 0 Å². The third-order valence-electron chi connectivity index (χ3n) is 6.06. The van der Waals surface area contributed by atoms with E-state index in [9.17, 15) is 4.79 Å². The molecule has 0 bridgehead atoms. The summed E-state index contributed by atoms with van der Waals surface area (Å²) >= 11 is 6.25. The van der Waals surface area contributed by atoms with E-state index in [0.717, 1.165) is 54.0 Å². The topological polar surface area (TPSA) is 50.2 Å². The van der Waals surface area contributed by atoms with Gasteiger partial charge in [-0.25, -0.2) is 4.98 Å². The van der Waals surface area contributed by atoms with E-state index >= 15 is 0 Å². The first-order valence-corrected chi connectivity index (χ1v) is 11.2. The smallest absolute Gasteiger partial charge is 0.251 e. The molecule has 5 nitrogen and oxygen atoms in total. The average molecular weight is 425 g/mol. The zero-order valence-corrected chi connectivity index (χ0v) is 18.6. The standard InChI is InChI=1S/C24H29ClN4O/c1-16(2)28-12-10-19(11-13-28)27-24(30)21-9-8-20(14-18(21)15-25)29-17(3)26-22-6-4-5-7-23(22)29/h4-9,14,16,19H,10-13,15H2,1-3H3,(H,27,30). The number of alkyl halides is 1. The van der Waals surface area contributed by atoms with E-state index in [0.29, 0.717) is 11.6 Å². The van der Waals surface area contributed by atoms with Crippen molar-refractivity contribution in [3.05, 3.63) is 59.4 Å². The number of aromatic nitrogens is 2. The number of para-hydroxylation sites is 2. The zero-order valence-electron chi connectivity index (χ0n) is 17.9. The molecule has 0 radical (unpaired) electrons. The maximum atomic E-state index is 13.0. The van der Waals surface area contributed by atoms with Crippen molar-refractivity contribution < 1.29 is 4.79 Å². The van der Waals surface area contributed by atoms with Crippen molar-refractivity contribution in [3.63, 3.8) is 0 Å². The third kappa shape index (κ3) is 4.09. The summed E-state index contributed by atoms with van der Waals surface area (Å²) in [7, 11) is 0. The fourth-order valence-electron chi connectivity index (χ4n) is 4.35. The van der Waals surface area contributed by atoms with Crippen molar-refractivity contribution in [2.75, 3.05) is 13.1 Å². The molecule has 1 fully saturated rings. The maximum absolute atomic E-state index is 13.0. The van der Waals surface area contributed by atoms with Crippen LogP contribution in [-0.2, 0) is 5.88 Å². The molecule has 158 valence electrons. The molecule has 1 saturated heterocycles. The van der Waals surface area contributed by atoms with Crippen molar-refractivity contribution in [1.29, 1.82) is 0 Å². The second-order valence-electron chi connectivity index (χ2n) is 8.34. The highest BCUT2D eigenvalue weighted by Crippen LogP contribution is 2.24. The van der Waals surface area contributed by atoms with Gasteiger partial charge in [-0.1, -0.05) is 12.1 Å². The number of nitrogens with one attached hydrogen (secondary N) is 1. The van der Waals surface area contributed by atoms with E-state index in [4.69, 9.17) is 11.6 Å². The Morgan fingerprint density at radius 3 is 2.63 bits per heavy atom. The second-order valence-corrected chi connectivity index (χ2v) is 8.60. The summed E-state index contributed by atoms with van der Waals surface area (Å²) in [5, 5.41) is 3.22. The van der Waals surface area contributed by atoms with Gasteiger partial charge in [0.05, 0.1) is 11.0 Å². The molecule has 1 aromatic heterocycles. The van der Waals surface area contributed by atoms with Crippen LogP contribution < -0.4 is 5.32 Å². The largest absolute Gasteiger partial charge is 0.349 e. The van der Waals surface area contributed by atoms with Crippen LogP contribution in [0.3, 0.4) is 0 Å². The van der Waals surface area contributed by atoms with E-state index in [1.807, 2.05) is 43.3 Å². The lowest BCUT2D eigenvalue weighted by atomic mass is 10.0. The summed E-state index contributed by atoms with van der Waals surface area (Å²) in [6.07, 6.45) is 1.97. The zero-order chi connectivity index (χ0) is 21.3. The minimum absolute atomic E-state index is 0.0348. The molecule has 0 aliphatic carbocycles. The minimum atomic E-state index is -0.0348. The number of fused-ring (bicyclic) bond motifs is 1. The molecule has 2 aromatic carbocycles.